The van der Waals surface area contributed by atoms with Crippen LogP contribution in [-0.4, -0.2) is 25.9 Å². The van der Waals surface area contributed by atoms with Gasteiger partial charge in [-0.2, -0.15) is 8.78 Å². The molecule has 1 aromatic carbocycles. The van der Waals surface area contributed by atoms with Crippen molar-refractivity contribution < 1.29 is 22.6 Å². The molecule has 0 heterocycles. The quantitative estimate of drug-likeness (QED) is 0.825. The van der Waals surface area contributed by atoms with E-state index in [1.165, 1.54) is 12.1 Å². The fourth-order valence-corrected chi connectivity index (χ4v) is 1.41. The Labute approximate surface area is 110 Å². The van der Waals surface area contributed by atoms with Gasteiger partial charge < -0.3 is 14.8 Å². The molecular weight excluding hydrogens is 259 g/mol. The van der Waals surface area contributed by atoms with E-state index in [-0.39, 0.29) is 5.60 Å². The lowest BCUT2D eigenvalue weighted by Crippen LogP contribution is -2.25. The zero-order valence-corrected chi connectivity index (χ0v) is 11.2. The van der Waals surface area contributed by atoms with Crippen LogP contribution in [0.25, 0.3) is 0 Å². The monoisotopic (exact) mass is 277 g/mol. The van der Waals surface area contributed by atoms with Crippen molar-refractivity contribution >= 4 is 5.69 Å². The van der Waals surface area contributed by atoms with Crippen molar-refractivity contribution in [3.05, 3.63) is 24.0 Å². The Kier molecular flexibility index (Phi) is 5.47. The molecule has 0 fully saturated rings. The van der Waals surface area contributed by atoms with Gasteiger partial charge >= 0.3 is 6.61 Å². The van der Waals surface area contributed by atoms with Gasteiger partial charge in [-0.1, -0.05) is 0 Å². The minimum Gasteiger partial charge on any atom is -0.432 e. The summed E-state index contributed by atoms with van der Waals surface area (Å²) in [5.74, 6) is -1.28. The molecule has 0 spiro atoms. The van der Waals surface area contributed by atoms with Crippen LogP contribution in [0.4, 0.5) is 18.9 Å². The molecule has 0 atom stereocenters. The van der Waals surface area contributed by atoms with Gasteiger partial charge in [0.2, 0.25) is 0 Å². The molecule has 0 unspecified atom stereocenters. The molecular formula is C13H18F3NO2. The number of hydrogen-bond acceptors (Lipinski definition) is 3. The minimum atomic E-state index is -3.03. The lowest BCUT2D eigenvalue weighted by atomic mass is 10.1. The second-order valence-corrected chi connectivity index (χ2v) is 4.66. The lowest BCUT2D eigenvalue weighted by molar-refractivity contribution is -0.0521. The van der Waals surface area contributed by atoms with Gasteiger partial charge in [-0.25, -0.2) is 4.39 Å². The highest BCUT2D eigenvalue weighted by molar-refractivity contribution is 5.47. The molecule has 0 amide bonds. The van der Waals surface area contributed by atoms with Gasteiger partial charge in [-0.15, -0.1) is 0 Å². The summed E-state index contributed by atoms with van der Waals surface area (Å²) in [6.45, 7) is 1.43. The Bertz CT molecular complexity index is 411. The van der Waals surface area contributed by atoms with Gasteiger partial charge in [-0.05, 0) is 32.4 Å². The van der Waals surface area contributed by atoms with Crippen molar-refractivity contribution in [1.29, 1.82) is 0 Å². The Balaban J connectivity index is 2.54. The summed E-state index contributed by atoms with van der Waals surface area (Å²) in [5.41, 5.74) is 0.232. The minimum absolute atomic E-state index is 0.274. The molecule has 0 saturated carbocycles. The van der Waals surface area contributed by atoms with Crippen molar-refractivity contribution in [1.82, 2.24) is 0 Å². The lowest BCUT2D eigenvalue weighted by Gasteiger charge is -2.23. The maximum atomic E-state index is 13.4. The first-order valence-electron chi connectivity index (χ1n) is 5.87. The number of methoxy groups -OCH3 is 1. The SMILES string of the molecule is COC(C)(C)CCNc1ccc(OC(F)F)c(F)c1. The highest BCUT2D eigenvalue weighted by atomic mass is 19.3. The van der Waals surface area contributed by atoms with Crippen LogP contribution in [0.1, 0.15) is 20.3 Å². The Hall–Kier alpha value is -1.43. The number of benzene rings is 1. The van der Waals surface area contributed by atoms with E-state index in [2.05, 4.69) is 10.1 Å². The van der Waals surface area contributed by atoms with Crippen molar-refractivity contribution in [3.8, 4) is 5.75 Å². The van der Waals surface area contributed by atoms with Crippen LogP contribution >= 0.6 is 0 Å². The molecule has 0 aliphatic rings. The Morgan fingerprint density at radius 2 is 2.00 bits per heavy atom. The van der Waals surface area contributed by atoms with Crippen molar-refractivity contribution in [2.75, 3.05) is 19.0 Å². The molecule has 3 nitrogen and oxygen atoms in total. The van der Waals surface area contributed by atoms with Crippen LogP contribution in [0, 0.1) is 5.82 Å². The fourth-order valence-electron chi connectivity index (χ4n) is 1.41. The van der Waals surface area contributed by atoms with Crippen LogP contribution in [0.15, 0.2) is 18.2 Å². The van der Waals surface area contributed by atoms with E-state index >= 15 is 0 Å². The molecule has 108 valence electrons. The molecule has 1 N–H and O–H groups in total. The summed E-state index contributed by atoms with van der Waals surface area (Å²) in [5, 5.41) is 2.99. The zero-order chi connectivity index (χ0) is 14.5. The molecule has 1 aromatic rings. The molecule has 1 rings (SSSR count). The molecule has 0 bridgehead atoms. The average molecular weight is 277 g/mol. The van der Waals surface area contributed by atoms with Crippen molar-refractivity contribution in [3.63, 3.8) is 0 Å². The number of ether oxygens (including phenoxy) is 2. The summed E-state index contributed by atoms with van der Waals surface area (Å²) in [6.07, 6.45) is 0.723. The van der Waals surface area contributed by atoms with E-state index < -0.39 is 18.2 Å². The third kappa shape index (κ3) is 5.38. The second kappa shape index (κ2) is 6.65. The Morgan fingerprint density at radius 3 is 2.53 bits per heavy atom. The smallest absolute Gasteiger partial charge is 0.387 e. The maximum Gasteiger partial charge on any atom is 0.387 e. The van der Waals surface area contributed by atoms with Crippen molar-refractivity contribution in [2.45, 2.75) is 32.5 Å². The number of alkyl halides is 2. The maximum absolute atomic E-state index is 13.4. The average Bonchev–Trinajstić information content (AvgIpc) is 2.32. The molecule has 0 saturated heterocycles. The largest absolute Gasteiger partial charge is 0.432 e. The number of hydrogen-bond donors (Lipinski definition) is 1. The van der Waals surface area contributed by atoms with E-state index in [1.807, 2.05) is 13.8 Å². The molecule has 0 aliphatic heterocycles. The van der Waals surface area contributed by atoms with Gasteiger partial charge in [0.25, 0.3) is 0 Å². The number of anilines is 1. The van der Waals surface area contributed by atoms with E-state index in [0.29, 0.717) is 12.2 Å². The standard InChI is InChI=1S/C13H18F3NO2/c1-13(2,18-3)6-7-17-9-4-5-11(10(14)8-9)19-12(15)16/h4-5,8,12,17H,6-7H2,1-3H3. The van der Waals surface area contributed by atoms with E-state index in [1.54, 1.807) is 7.11 Å². The molecule has 0 aliphatic carbocycles. The first-order valence-corrected chi connectivity index (χ1v) is 5.87. The number of rotatable bonds is 7. The van der Waals surface area contributed by atoms with Crippen LogP contribution in [0.2, 0.25) is 0 Å². The molecule has 0 aromatic heterocycles. The predicted octanol–water partition coefficient (Wildman–Crippen LogP) is 3.65. The van der Waals surface area contributed by atoms with Crippen molar-refractivity contribution in [2.24, 2.45) is 0 Å². The van der Waals surface area contributed by atoms with Gasteiger partial charge in [0.05, 0.1) is 5.60 Å². The Morgan fingerprint density at radius 1 is 1.32 bits per heavy atom. The third-order valence-electron chi connectivity index (χ3n) is 2.76. The summed E-state index contributed by atoms with van der Waals surface area (Å²) in [4.78, 5) is 0. The van der Waals surface area contributed by atoms with Crippen LogP contribution in [0.3, 0.4) is 0 Å². The van der Waals surface area contributed by atoms with Gasteiger partial charge in [0.1, 0.15) is 0 Å². The summed E-state index contributed by atoms with van der Waals surface area (Å²) in [7, 11) is 1.62. The fraction of sp³-hybridized carbons (Fsp3) is 0.538. The van der Waals surface area contributed by atoms with E-state index in [4.69, 9.17) is 4.74 Å². The molecule has 0 radical (unpaired) electrons. The van der Waals surface area contributed by atoms with Gasteiger partial charge in [0.15, 0.2) is 11.6 Å². The number of halogens is 3. The predicted molar refractivity (Wildman–Crippen MR) is 67.2 cm³/mol. The van der Waals surface area contributed by atoms with Crippen LogP contribution in [-0.2, 0) is 4.74 Å². The summed E-state index contributed by atoms with van der Waals surface area (Å²) >= 11 is 0. The third-order valence-corrected chi connectivity index (χ3v) is 2.76. The van der Waals surface area contributed by atoms with Gasteiger partial charge in [0, 0.05) is 25.4 Å². The van der Waals surface area contributed by atoms with Gasteiger partial charge in [-0.3, -0.25) is 0 Å². The van der Waals surface area contributed by atoms with E-state index in [9.17, 15) is 13.2 Å². The first kappa shape index (κ1) is 15.6. The van der Waals surface area contributed by atoms with Crippen LogP contribution in [0.5, 0.6) is 5.75 Å². The summed E-state index contributed by atoms with van der Waals surface area (Å²) in [6, 6.07) is 3.78. The zero-order valence-electron chi connectivity index (χ0n) is 11.2. The molecule has 6 heteroatoms. The first-order chi connectivity index (χ1) is 8.84. The molecule has 19 heavy (non-hydrogen) atoms. The second-order valence-electron chi connectivity index (χ2n) is 4.66. The highest BCUT2D eigenvalue weighted by Crippen LogP contribution is 2.23. The topological polar surface area (TPSA) is 30.5 Å². The van der Waals surface area contributed by atoms with E-state index in [0.717, 1.165) is 12.5 Å². The van der Waals surface area contributed by atoms with Crippen LogP contribution < -0.4 is 10.1 Å². The summed E-state index contributed by atoms with van der Waals surface area (Å²) < 4.78 is 46.6. The highest BCUT2D eigenvalue weighted by Gasteiger charge is 2.15. The normalized spacial score (nSPS) is 11.7. The number of nitrogens with one attached hydrogen (secondary N) is 1.